The van der Waals surface area contributed by atoms with Crippen LogP contribution in [0, 0.1) is 0 Å². The molecule has 0 aromatic rings. The molecule has 0 spiro atoms. The molecule has 0 saturated carbocycles. The maximum Gasteiger partial charge on any atom is 0.335 e. The first kappa shape index (κ1) is 7.17. The van der Waals surface area contributed by atoms with Crippen LogP contribution in [0.25, 0.3) is 0 Å². The van der Waals surface area contributed by atoms with Crippen molar-refractivity contribution in [2.24, 2.45) is 0 Å². The number of carbonyl (C=O) groups excluding carboxylic acids is 1. The third-order valence-corrected chi connectivity index (χ3v) is 0.529. The van der Waals surface area contributed by atoms with Crippen LogP contribution in [0.4, 0.5) is 0 Å². The second-order valence-corrected chi connectivity index (χ2v) is 1.08. The van der Waals surface area contributed by atoms with E-state index >= 15 is 0 Å². The van der Waals surface area contributed by atoms with Crippen molar-refractivity contribution in [3.8, 4) is 0 Å². The predicted molar refractivity (Wildman–Crippen MR) is 29.6 cm³/mol. The highest BCUT2D eigenvalue weighted by Gasteiger charge is 1.74. The third-order valence-electron chi connectivity index (χ3n) is 0.529. The summed E-state index contributed by atoms with van der Waals surface area (Å²) >= 11 is 0. The van der Waals surface area contributed by atoms with Crippen LogP contribution >= 0.6 is 0 Å². The summed E-state index contributed by atoms with van der Waals surface area (Å²) in [4.78, 5) is 13.8. The summed E-state index contributed by atoms with van der Waals surface area (Å²) in [7, 11) is 0. The Morgan fingerprint density at radius 3 is 3.12 bits per heavy atom. The molecule has 8 heavy (non-hydrogen) atoms. The zero-order chi connectivity index (χ0) is 6.24. The maximum absolute atomic E-state index is 9.38. The van der Waals surface area contributed by atoms with Crippen molar-refractivity contribution in [2.75, 3.05) is 6.61 Å². The number of hydrogen-bond acceptors (Lipinski definition) is 2. The fraction of sp³-hybridized carbons (Fsp3) is 0.400. The second-order valence-electron chi connectivity index (χ2n) is 1.08. The lowest BCUT2D eigenvalue weighted by Gasteiger charge is -1.90. The SMILES string of the molecule is C/C=C/CON[C]=O. The molecule has 0 atom stereocenters. The van der Waals surface area contributed by atoms with E-state index in [1.807, 2.05) is 18.5 Å². The molecule has 0 rings (SSSR count). The quantitative estimate of drug-likeness (QED) is 0.244. The monoisotopic (exact) mass is 114 g/mol. The van der Waals surface area contributed by atoms with E-state index in [1.165, 1.54) is 6.41 Å². The second kappa shape index (κ2) is 6.17. The molecular formula is C5H8NO2. The molecule has 0 aliphatic heterocycles. The zero-order valence-electron chi connectivity index (χ0n) is 4.68. The minimum Gasteiger partial charge on any atom is -0.269 e. The molecule has 0 saturated heterocycles. The molecule has 0 aliphatic carbocycles. The van der Waals surface area contributed by atoms with Gasteiger partial charge >= 0.3 is 6.41 Å². The predicted octanol–water partition coefficient (Wildman–Crippen LogP) is 0.151. The van der Waals surface area contributed by atoms with Gasteiger partial charge in [-0.05, 0) is 6.92 Å². The number of amides is 1. The summed E-state index contributed by atoms with van der Waals surface area (Å²) in [6, 6.07) is 0. The van der Waals surface area contributed by atoms with Crippen LogP contribution in [0.3, 0.4) is 0 Å². The Labute approximate surface area is 48.3 Å². The maximum atomic E-state index is 9.38. The van der Waals surface area contributed by atoms with Crippen LogP contribution < -0.4 is 5.48 Å². The van der Waals surface area contributed by atoms with Crippen LogP contribution in [-0.2, 0) is 9.63 Å². The van der Waals surface area contributed by atoms with Crippen LogP contribution in [-0.4, -0.2) is 13.0 Å². The Balaban J connectivity index is 2.82. The first-order chi connectivity index (χ1) is 3.91. The Morgan fingerprint density at radius 2 is 2.62 bits per heavy atom. The van der Waals surface area contributed by atoms with Crippen molar-refractivity contribution in [3.05, 3.63) is 12.2 Å². The first-order valence-electron chi connectivity index (χ1n) is 2.27. The highest BCUT2D eigenvalue weighted by Crippen LogP contribution is 1.68. The lowest BCUT2D eigenvalue weighted by molar-refractivity contribution is 0.108. The van der Waals surface area contributed by atoms with Crippen molar-refractivity contribution < 1.29 is 9.63 Å². The van der Waals surface area contributed by atoms with Gasteiger partial charge in [0.2, 0.25) is 0 Å². The minimum absolute atomic E-state index is 0.395. The lowest BCUT2D eigenvalue weighted by atomic mass is 10.6. The zero-order valence-corrected chi connectivity index (χ0v) is 4.68. The molecule has 0 aliphatic rings. The molecular weight excluding hydrogens is 106 g/mol. The molecule has 45 valence electrons. The van der Waals surface area contributed by atoms with Gasteiger partial charge in [-0.25, -0.2) is 5.48 Å². The summed E-state index contributed by atoms with van der Waals surface area (Å²) in [5, 5.41) is 0. The number of hydroxylamine groups is 1. The van der Waals surface area contributed by atoms with E-state index in [-0.39, 0.29) is 0 Å². The summed E-state index contributed by atoms with van der Waals surface area (Å²) in [6.07, 6.45) is 4.96. The van der Waals surface area contributed by atoms with Crippen molar-refractivity contribution in [2.45, 2.75) is 6.92 Å². The Morgan fingerprint density at radius 1 is 1.88 bits per heavy atom. The normalized spacial score (nSPS) is 9.62. The Kier molecular flexibility index (Phi) is 5.53. The van der Waals surface area contributed by atoms with Gasteiger partial charge in [-0.2, -0.15) is 0 Å². The number of hydrogen-bond donors (Lipinski definition) is 1. The minimum atomic E-state index is 0.395. The molecule has 1 radical (unpaired) electrons. The topological polar surface area (TPSA) is 38.3 Å². The van der Waals surface area contributed by atoms with Crippen molar-refractivity contribution >= 4 is 6.41 Å². The van der Waals surface area contributed by atoms with E-state index < -0.39 is 0 Å². The van der Waals surface area contributed by atoms with Crippen LogP contribution in [0.5, 0.6) is 0 Å². The summed E-state index contributed by atoms with van der Waals surface area (Å²) in [5.41, 5.74) is 1.93. The highest BCUT2D eigenvalue weighted by atomic mass is 16.6. The smallest absolute Gasteiger partial charge is 0.269 e. The van der Waals surface area contributed by atoms with Gasteiger partial charge in [-0.1, -0.05) is 12.2 Å². The van der Waals surface area contributed by atoms with E-state index in [4.69, 9.17) is 0 Å². The van der Waals surface area contributed by atoms with Crippen LogP contribution in [0.1, 0.15) is 6.92 Å². The van der Waals surface area contributed by atoms with E-state index in [1.54, 1.807) is 6.08 Å². The largest absolute Gasteiger partial charge is 0.335 e. The van der Waals surface area contributed by atoms with Crippen molar-refractivity contribution in [1.29, 1.82) is 0 Å². The molecule has 0 aromatic heterocycles. The van der Waals surface area contributed by atoms with E-state index in [0.29, 0.717) is 6.61 Å². The van der Waals surface area contributed by atoms with Gasteiger partial charge in [0.05, 0.1) is 6.61 Å². The van der Waals surface area contributed by atoms with Gasteiger partial charge in [0, 0.05) is 0 Å². The molecule has 0 aromatic carbocycles. The number of rotatable bonds is 4. The summed E-state index contributed by atoms with van der Waals surface area (Å²) < 4.78 is 0. The van der Waals surface area contributed by atoms with Crippen LogP contribution in [0.2, 0.25) is 0 Å². The van der Waals surface area contributed by atoms with Gasteiger partial charge in [0.15, 0.2) is 0 Å². The summed E-state index contributed by atoms with van der Waals surface area (Å²) in [5.74, 6) is 0. The fourth-order valence-corrected chi connectivity index (χ4v) is 0.215. The van der Waals surface area contributed by atoms with E-state index in [2.05, 4.69) is 4.84 Å². The van der Waals surface area contributed by atoms with Gasteiger partial charge in [-0.15, -0.1) is 0 Å². The van der Waals surface area contributed by atoms with Crippen LogP contribution in [0.15, 0.2) is 12.2 Å². The van der Waals surface area contributed by atoms with Gasteiger partial charge in [0.1, 0.15) is 0 Å². The molecule has 3 heteroatoms. The van der Waals surface area contributed by atoms with Gasteiger partial charge in [-0.3, -0.25) is 9.63 Å². The Hall–Kier alpha value is -0.830. The molecule has 1 amide bonds. The molecule has 0 bridgehead atoms. The average molecular weight is 114 g/mol. The van der Waals surface area contributed by atoms with Gasteiger partial charge in [0.25, 0.3) is 0 Å². The number of allylic oxidation sites excluding steroid dienone is 1. The molecule has 1 N–H and O–H groups in total. The highest BCUT2D eigenvalue weighted by molar-refractivity contribution is 5.44. The molecule has 0 heterocycles. The fourth-order valence-electron chi connectivity index (χ4n) is 0.215. The van der Waals surface area contributed by atoms with Gasteiger partial charge < -0.3 is 0 Å². The standard InChI is InChI=1S/C5H8NO2/c1-2-3-4-8-6-5-7/h2-3H,4H2,1H3,(H,6,7)/b3-2+. The van der Waals surface area contributed by atoms with E-state index in [9.17, 15) is 4.79 Å². The average Bonchev–Trinajstić information content (AvgIpc) is 1.81. The van der Waals surface area contributed by atoms with Crippen molar-refractivity contribution in [3.63, 3.8) is 0 Å². The molecule has 0 fully saturated rings. The molecule has 3 nitrogen and oxygen atoms in total. The number of nitrogens with one attached hydrogen (secondary N) is 1. The van der Waals surface area contributed by atoms with Crippen molar-refractivity contribution in [1.82, 2.24) is 5.48 Å². The molecule has 0 unspecified atom stereocenters. The van der Waals surface area contributed by atoms with E-state index in [0.717, 1.165) is 0 Å². The Bertz CT molecular complexity index is 80.5. The first-order valence-corrected chi connectivity index (χ1v) is 2.27. The summed E-state index contributed by atoms with van der Waals surface area (Å²) in [6.45, 7) is 2.26. The lowest BCUT2D eigenvalue weighted by Crippen LogP contribution is -2.10. The third kappa shape index (κ3) is 5.17.